The molecule has 1 aliphatic heterocycles. The lowest BCUT2D eigenvalue weighted by Gasteiger charge is -2.29. The van der Waals surface area contributed by atoms with E-state index in [9.17, 15) is 0 Å². The zero-order valence-electron chi connectivity index (χ0n) is 7.61. The van der Waals surface area contributed by atoms with E-state index in [4.69, 9.17) is 5.73 Å². The van der Waals surface area contributed by atoms with Crippen molar-refractivity contribution < 1.29 is 0 Å². The molecule has 2 rings (SSSR count). The molecule has 69 valence electrons. The standard InChI is InChI=1S/C10H14N3/c11-9-8-12-5-4-10(9)13-6-2-1-3-7-13/h2,4-5,8H,1,3,6-7,11H2. The van der Waals surface area contributed by atoms with Crippen molar-refractivity contribution in [2.75, 3.05) is 23.7 Å². The quantitative estimate of drug-likeness (QED) is 0.704. The van der Waals surface area contributed by atoms with Crippen molar-refractivity contribution in [1.29, 1.82) is 0 Å². The molecule has 1 aromatic heterocycles. The minimum atomic E-state index is 0.776. The molecule has 3 heteroatoms. The fourth-order valence-corrected chi connectivity index (χ4v) is 1.67. The summed E-state index contributed by atoms with van der Waals surface area (Å²) in [4.78, 5) is 6.27. The van der Waals surface area contributed by atoms with Crippen molar-refractivity contribution in [1.82, 2.24) is 4.98 Å². The predicted octanol–water partition coefficient (Wildman–Crippen LogP) is 1.47. The second-order valence-electron chi connectivity index (χ2n) is 3.31. The van der Waals surface area contributed by atoms with E-state index >= 15 is 0 Å². The molecule has 1 radical (unpaired) electrons. The zero-order valence-corrected chi connectivity index (χ0v) is 7.61. The summed E-state index contributed by atoms with van der Waals surface area (Å²) < 4.78 is 0. The minimum absolute atomic E-state index is 0.776. The summed E-state index contributed by atoms with van der Waals surface area (Å²) in [7, 11) is 0. The van der Waals surface area contributed by atoms with Crippen molar-refractivity contribution in [2.24, 2.45) is 0 Å². The molecule has 0 unspecified atom stereocenters. The molecule has 0 spiro atoms. The first kappa shape index (κ1) is 8.35. The van der Waals surface area contributed by atoms with Gasteiger partial charge in [-0.2, -0.15) is 0 Å². The Balaban J connectivity index is 2.18. The first-order valence-electron chi connectivity index (χ1n) is 4.64. The van der Waals surface area contributed by atoms with Crippen LogP contribution >= 0.6 is 0 Å². The van der Waals surface area contributed by atoms with E-state index in [0.29, 0.717) is 0 Å². The van der Waals surface area contributed by atoms with Crippen LogP contribution in [0.4, 0.5) is 11.4 Å². The third-order valence-corrected chi connectivity index (χ3v) is 2.35. The summed E-state index contributed by atoms with van der Waals surface area (Å²) in [6.07, 6.45) is 8.25. The highest BCUT2D eigenvalue weighted by molar-refractivity contribution is 5.66. The molecule has 0 aromatic carbocycles. The van der Waals surface area contributed by atoms with Gasteiger partial charge in [0.15, 0.2) is 0 Å². The van der Waals surface area contributed by atoms with Gasteiger partial charge in [-0.3, -0.25) is 4.98 Å². The fraction of sp³-hybridized carbons (Fsp3) is 0.400. The lowest BCUT2D eigenvalue weighted by Crippen LogP contribution is -2.30. The number of nitrogens with zero attached hydrogens (tertiary/aromatic N) is 2. The highest BCUT2D eigenvalue weighted by Gasteiger charge is 2.12. The number of nitrogen functional groups attached to an aromatic ring is 1. The monoisotopic (exact) mass is 176 g/mol. The number of anilines is 2. The third kappa shape index (κ3) is 1.74. The molecule has 2 N–H and O–H groups in total. The smallest absolute Gasteiger partial charge is 0.0738 e. The Morgan fingerprint density at radius 3 is 3.08 bits per heavy atom. The van der Waals surface area contributed by atoms with Crippen molar-refractivity contribution >= 4 is 11.4 Å². The molecule has 3 nitrogen and oxygen atoms in total. The van der Waals surface area contributed by atoms with Crippen LogP contribution in [-0.4, -0.2) is 18.1 Å². The Morgan fingerprint density at radius 2 is 2.38 bits per heavy atom. The maximum absolute atomic E-state index is 5.83. The number of pyridine rings is 1. The summed E-state index contributed by atoms with van der Waals surface area (Å²) in [6.45, 7) is 2.11. The lowest BCUT2D eigenvalue weighted by atomic mass is 10.1. The molecule has 1 saturated heterocycles. The Kier molecular flexibility index (Phi) is 2.34. The van der Waals surface area contributed by atoms with Crippen LogP contribution in [0, 0.1) is 6.42 Å². The maximum Gasteiger partial charge on any atom is 0.0738 e. The Labute approximate surface area is 78.6 Å². The average Bonchev–Trinajstić information content (AvgIpc) is 2.20. The van der Waals surface area contributed by atoms with E-state index in [1.807, 2.05) is 6.07 Å². The van der Waals surface area contributed by atoms with Crippen LogP contribution in [0.2, 0.25) is 0 Å². The van der Waals surface area contributed by atoms with Gasteiger partial charge in [-0.15, -0.1) is 0 Å². The molecule has 0 aliphatic carbocycles. The minimum Gasteiger partial charge on any atom is -0.396 e. The van der Waals surface area contributed by atoms with E-state index in [1.165, 1.54) is 12.8 Å². The van der Waals surface area contributed by atoms with E-state index in [2.05, 4.69) is 16.3 Å². The van der Waals surface area contributed by atoms with Crippen molar-refractivity contribution in [3.8, 4) is 0 Å². The van der Waals surface area contributed by atoms with Gasteiger partial charge in [0.2, 0.25) is 0 Å². The van der Waals surface area contributed by atoms with E-state index in [-0.39, 0.29) is 0 Å². The summed E-state index contributed by atoms with van der Waals surface area (Å²) in [5, 5.41) is 0. The van der Waals surface area contributed by atoms with Gasteiger partial charge in [-0.25, -0.2) is 0 Å². The van der Waals surface area contributed by atoms with Gasteiger partial charge < -0.3 is 10.6 Å². The van der Waals surface area contributed by atoms with Crippen LogP contribution < -0.4 is 10.6 Å². The highest BCUT2D eigenvalue weighted by atomic mass is 15.1. The van der Waals surface area contributed by atoms with E-state index < -0.39 is 0 Å². The molecule has 2 heterocycles. The topological polar surface area (TPSA) is 42.1 Å². The van der Waals surface area contributed by atoms with Crippen LogP contribution in [0.1, 0.15) is 12.8 Å². The van der Waals surface area contributed by atoms with Crippen LogP contribution in [0.3, 0.4) is 0 Å². The summed E-state index contributed by atoms with van der Waals surface area (Å²) in [5.74, 6) is 0. The summed E-state index contributed by atoms with van der Waals surface area (Å²) >= 11 is 0. The number of aromatic nitrogens is 1. The molecule has 0 saturated carbocycles. The molecular formula is C10H14N3. The Morgan fingerprint density at radius 1 is 1.46 bits per heavy atom. The van der Waals surface area contributed by atoms with Gasteiger partial charge in [0.05, 0.1) is 17.6 Å². The van der Waals surface area contributed by atoms with E-state index in [0.717, 1.165) is 24.5 Å². The number of rotatable bonds is 1. The Hall–Kier alpha value is -1.25. The fourth-order valence-electron chi connectivity index (χ4n) is 1.67. The van der Waals surface area contributed by atoms with Gasteiger partial charge in [0.25, 0.3) is 0 Å². The second-order valence-corrected chi connectivity index (χ2v) is 3.31. The number of hydrogen-bond donors (Lipinski definition) is 1. The average molecular weight is 176 g/mol. The van der Waals surface area contributed by atoms with Gasteiger partial charge in [-0.1, -0.05) is 0 Å². The number of hydrogen-bond acceptors (Lipinski definition) is 3. The molecular weight excluding hydrogens is 162 g/mol. The third-order valence-electron chi connectivity index (χ3n) is 2.35. The van der Waals surface area contributed by atoms with Crippen molar-refractivity contribution in [2.45, 2.75) is 12.8 Å². The predicted molar refractivity (Wildman–Crippen MR) is 54.4 cm³/mol. The van der Waals surface area contributed by atoms with Crippen molar-refractivity contribution in [3.63, 3.8) is 0 Å². The molecule has 1 aromatic rings. The first-order valence-corrected chi connectivity index (χ1v) is 4.64. The molecule has 1 aliphatic rings. The molecule has 0 atom stereocenters. The van der Waals surface area contributed by atoms with Gasteiger partial charge in [0, 0.05) is 19.3 Å². The zero-order chi connectivity index (χ0) is 9.10. The maximum atomic E-state index is 5.83. The summed E-state index contributed by atoms with van der Waals surface area (Å²) in [6, 6.07) is 1.98. The number of piperidine rings is 1. The Bertz CT molecular complexity index is 279. The molecule has 0 bridgehead atoms. The second kappa shape index (κ2) is 3.64. The van der Waals surface area contributed by atoms with Crippen LogP contribution in [0.15, 0.2) is 18.5 Å². The molecule has 13 heavy (non-hydrogen) atoms. The molecule has 1 fully saturated rings. The lowest BCUT2D eigenvalue weighted by molar-refractivity contribution is 0.672. The molecule has 0 amide bonds. The summed E-state index contributed by atoms with van der Waals surface area (Å²) in [5.41, 5.74) is 7.73. The van der Waals surface area contributed by atoms with Crippen molar-refractivity contribution in [3.05, 3.63) is 24.9 Å². The highest BCUT2D eigenvalue weighted by Crippen LogP contribution is 2.24. The first-order chi connectivity index (χ1) is 6.38. The SMILES string of the molecule is Nc1cnccc1N1C[CH]CCC1. The number of nitrogens with two attached hydrogens (primary N) is 1. The largest absolute Gasteiger partial charge is 0.396 e. The van der Waals surface area contributed by atoms with Crippen LogP contribution in [-0.2, 0) is 0 Å². The van der Waals surface area contributed by atoms with Gasteiger partial charge in [-0.05, 0) is 25.3 Å². The normalized spacial score (nSPS) is 17.4. The van der Waals surface area contributed by atoms with Gasteiger partial charge in [0.1, 0.15) is 0 Å². The van der Waals surface area contributed by atoms with Gasteiger partial charge >= 0.3 is 0 Å². The van der Waals surface area contributed by atoms with E-state index in [1.54, 1.807) is 12.4 Å². The van der Waals surface area contributed by atoms with Crippen LogP contribution in [0.25, 0.3) is 0 Å². The van der Waals surface area contributed by atoms with Crippen LogP contribution in [0.5, 0.6) is 0 Å².